The van der Waals surface area contributed by atoms with Crippen LogP contribution in [-0.2, 0) is 6.54 Å². The van der Waals surface area contributed by atoms with Gasteiger partial charge in [0.1, 0.15) is 0 Å². The normalized spacial score (nSPS) is 9.70. The molecular formula is C15H15N3OS. The molecule has 0 aromatic carbocycles. The van der Waals surface area contributed by atoms with Gasteiger partial charge >= 0.3 is 0 Å². The van der Waals surface area contributed by atoms with Crippen LogP contribution in [0.3, 0.4) is 0 Å². The lowest BCUT2D eigenvalue weighted by atomic mass is 10.2. The molecule has 0 spiro atoms. The molecule has 0 unspecified atom stereocenters. The first-order valence-electron chi connectivity index (χ1n) is 6.18. The molecule has 0 aliphatic heterocycles. The minimum absolute atomic E-state index is 0.110. The van der Waals surface area contributed by atoms with Crippen LogP contribution in [0.15, 0.2) is 30.5 Å². The number of carbonyl (C=O) groups excluding carboxylic acids is 1. The van der Waals surface area contributed by atoms with Crippen LogP contribution in [0.25, 0.3) is 0 Å². The van der Waals surface area contributed by atoms with E-state index in [0.717, 1.165) is 16.1 Å². The summed E-state index contributed by atoms with van der Waals surface area (Å²) in [6, 6.07) is 7.45. The molecule has 102 valence electrons. The van der Waals surface area contributed by atoms with Crippen molar-refractivity contribution in [1.29, 1.82) is 0 Å². The Kier molecular flexibility index (Phi) is 4.88. The Labute approximate surface area is 122 Å². The number of aryl methyl sites for hydroxylation is 1. The van der Waals surface area contributed by atoms with Crippen molar-refractivity contribution in [2.45, 2.75) is 13.5 Å². The van der Waals surface area contributed by atoms with E-state index in [1.54, 1.807) is 12.3 Å². The van der Waals surface area contributed by atoms with E-state index >= 15 is 0 Å². The highest BCUT2D eigenvalue weighted by molar-refractivity contribution is 7.14. The molecule has 2 aromatic heterocycles. The van der Waals surface area contributed by atoms with Crippen LogP contribution in [0.2, 0.25) is 0 Å². The fourth-order valence-corrected chi connectivity index (χ4v) is 2.42. The third-order valence-electron chi connectivity index (χ3n) is 2.68. The number of nitrogens with one attached hydrogen (secondary N) is 1. The number of hydrogen-bond donors (Lipinski definition) is 2. The van der Waals surface area contributed by atoms with Crippen molar-refractivity contribution in [2.75, 3.05) is 6.54 Å². The molecule has 2 heterocycles. The molecule has 0 bridgehead atoms. The predicted molar refractivity (Wildman–Crippen MR) is 80.4 cm³/mol. The molecule has 0 fully saturated rings. The molecule has 1 amide bonds. The number of thiophene rings is 1. The van der Waals surface area contributed by atoms with Gasteiger partial charge in [0, 0.05) is 6.20 Å². The Hall–Kier alpha value is -2.16. The number of nitrogens with zero attached hydrogens (tertiary/aromatic N) is 1. The van der Waals surface area contributed by atoms with E-state index in [4.69, 9.17) is 5.73 Å². The van der Waals surface area contributed by atoms with Crippen molar-refractivity contribution < 1.29 is 4.79 Å². The molecule has 0 aliphatic rings. The summed E-state index contributed by atoms with van der Waals surface area (Å²) in [6.45, 7) is 2.71. The van der Waals surface area contributed by atoms with Gasteiger partial charge in [-0.25, -0.2) is 0 Å². The van der Waals surface area contributed by atoms with E-state index in [1.807, 2.05) is 25.1 Å². The zero-order valence-corrected chi connectivity index (χ0v) is 12.0. The maximum absolute atomic E-state index is 12.0. The molecule has 20 heavy (non-hydrogen) atoms. The lowest BCUT2D eigenvalue weighted by molar-refractivity contribution is 0.0954. The monoisotopic (exact) mass is 285 g/mol. The van der Waals surface area contributed by atoms with Crippen molar-refractivity contribution >= 4 is 17.2 Å². The van der Waals surface area contributed by atoms with Crippen LogP contribution < -0.4 is 11.1 Å². The molecule has 2 aromatic rings. The highest BCUT2D eigenvalue weighted by Crippen LogP contribution is 2.15. The topological polar surface area (TPSA) is 68.0 Å². The van der Waals surface area contributed by atoms with E-state index in [-0.39, 0.29) is 5.91 Å². The average molecular weight is 285 g/mol. The molecule has 0 saturated heterocycles. The largest absolute Gasteiger partial charge is 0.346 e. The van der Waals surface area contributed by atoms with Crippen LogP contribution in [0.4, 0.5) is 0 Å². The number of rotatable bonds is 3. The van der Waals surface area contributed by atoms with Crippen LogP contribution in [0.1, 0.15) is 25.8 Å². The third kappa shape index (κ3) is 3.67. The second-order valence-corrected chi connectivity index (χ2v) is 5.20. The molecule has 3 N–H and O–H groups in total. The first-order chi connectivity index (χ1) is 9.70. The molecule has 0 saturated carbocycles. The predicted octanol–water partition coefficient (Wildman–Crippen LogP) is 1.69. The summed E-state index contributed by atoms with van der Waals surface area (Å²) in [5, 5.41) is 2.86. The maximum Gasteiger partial charge on any atom is 0.261 e. The van der Waals surface area contributed by atoms with E-state index in [1.165, 1.54) is 11.3 Å². The van der Waals surface area contributed by atoms with Gasteiger partial charge in [-0.3, -0.25) is 9.78 Å². The molecule has 5 heteroatoms. The summed E-state index contributed by atoms with van der Waals surface area (Å²) in [4.78, 5) is 17.7. The summed E-state index contributed by atoms with van der Waals surface area (Å²) < 4.78 is 0. The van der Waals surface area contributed by atoms with Crippen LogP contribution in [0.5, 0.6) is 0 Å². The van der Waals surface area contributed by atoms with E-state index in [2.05, 4.69) is 22.1 Å². The molecule has 0 atom stereocenters. The molecule has 0 aliphatic carbocycles. The number of nitrogens with two attached hydrogens (primary N) is 1. The number of hydrogen-bond acceptors (Lipinski definition) is 4. The second kappa shape index (κ2) is 6.85. The van der Waals surface area contributed by atoms with Crippen molar-refractivity contribution in [3.8, 4) is 11.8 Å². The van der Waals surface area contributed by atoms with Crippen molar-refractivity contribution in [1.82, 2.24) is 10.3 Å². The van der Waals surface area contributed by atoms with Crippen molar-refractivity contribution in [3.63, 3.8) is 0 Å². The highest BCUT2D eigenvalue weighted by atomic mass is 32.1. The van der Waals surface area contributed by atoms with Gasteiger partial charge in [0.25, 0.3) is 5.91 Å². The van der Waals surface area contributed by atoms with Gasteiger partial charge in [-0.05, 0) is 30.7 Å². The smallest absolute Gasteiger partial charge is 0.261 e. The lowest BCUT2D eigenvalue weighted by Gasteiger charge is -2.05. The van der Waals surface area contributed by atoms with Gasteiger partial charge in [0.15, 0.2) is 0 Å². The van der Waals surface area contributed by atoms with Gasteiger partial charge in [-0.15, -0.1) is 11.3 Å². The van der Waals surface area contributed by atoms with Crippen LogP contribution in [-0.4, -0.2) is 17.4 Å². The Balaban J connectivity index is 1.98. The Morgan fingerprint density at radius 1 is 1.45 bits per heavy atom. The number of pyridine rings is 1. The zero-order chi connectivity index (χ0) is 14.4. The van der Waals surface area contributed by atoms with Gasteiger partial charge in [0.05, 0.1) is 28.5 Å². The van der Waals surface area contributed by atoms with Crippen molar-refractivity contribution in [3.05, 3.63) is 51.5 Å². The number of carbonyl (C=O) groups is 1. The van der Waals surface area contributed by atoms with E-state index in [9.17, 15) is 4.79 Å². The Morgan fingerprint density at radius 3 is 3.05 bits per heavy atom. The van der Waals surface area contributed by atoms with E-state index in [0.29, 0.717) is 18.0 Å². The maximum atomic E-state index is 12.0. The summed E-state index contributed by atoms with van der Waals surface area (Å²) in [7, 11) is 0. The SMILES string of the molecule is Cc1cccnc1CNC(=O)c1ccc(C#CCN)s1. The number of aromatic nitrogens is 1. The quantitative estimate of drug-likeness (QED) is 0.843. The van der Waals surface area contributed by atoms with Gasteiger partial charge < -0.3 is 11.1 Å². The van der Waals surface area contributed by atoms with Crippen LogP contribution >= 0.6 is 11.3 Å². The van der Waals surface area contributed by atoms with Gasteiger partial charge in [-0.2, -0.15) is 0 Å². The Bertz CT molecular complexity index is 667. The van der Waals surface area contributed by atoms with Crippen molar-refractivity contribution in [2.24, 2.45) is 5.73 Å². The fraction of sp³-hybridized carbons (Fsp3) is 0.200. The summed E-state index contributed by atoms with van der Waals surface area (Å²) in [6.07, 6.45) is 1.72. The molecular weight excluding hydrogens is 270 g/mol. The van der Waals surface area contributed by atoms with Crippen LogP contribution in [0, 0.1) is 18.8 Å². The number of amides is 1. The first-order valence-corrected chi connectivity index (χ1v) is 7.00. The second-order valence-electron chi connectivity index (χ2n) is 4.12. The summed E-state index contributed by atoms with van der Waals surface area (Å²) >= 11 is 1.36. The standard InChI is InChI=1S/C15H15N3OS/c1-11-4-3-9-17-13(11)10-18-15(19)14-7-6-12(20-14)5-2-8-16/h3-4,6-7,9H,8,10,16H2,1H3,(H,18,19). The third-order valence-corrected chi connectivity index (χ3v) is 3.68. The average Bonchev–Trinajstić information content (AvgIpc) is 2.93. The minimum Gasteiger partial charge on any atom is -0.346 e. The highest BCUT2D eigenvalue weighted by Gasteiger charge is 2.09. The lowest BCUT2D eigenvalue weighted by Crippen LogP contribution is -2.22. The zero-order valence-electron chi connectivity index (χ0n) is 11.1. The molecule has 4 nitrogen and oxygen atoms in total. The molecule has 2 rings (SSSR count). The minimum atomic E-state index is -0.110. The fourth-order valence-electron chi connectivity index (χ4n) is 1.62. The Morgan fingerprint density at radius 2 is 2.30 bits per heavy atom. The van der Waals surface area contributed by atoms with E-state index < -0.39 is 0 Å². The first kappa shape index (κ1) is 14.3. The summed E-state index contributed by atoms with van der Waals surface area (Å²) in [5.41, 5.74) is 7.25. The summed E-state index contributed by atoms with van der Waals surface area (Å²) in [5.74, 6) is 5.57. The van der Waals surface area contributed by atoms with Gasteiger partial charge in [0.2, 0.25) is 0 Å². The molecule has 0 radical (unpaired) electrons. The van der Waals surface area contributed by atoms with Gasteiger partial charge in [-0.1, -0.05) is 17.9 Å².